The van der Waals surface area contributed by atoms with Crippen LogP contribution in [-0.4, -0.2) is 23.1 Å². The van der Waals surface area contributed by atoms with Crippen molar-refractivity contribution in [2.24, 2.45) is 5.92 Å². The van der Waals surface area contributed by atoms with Crippen LogP contribution in [0, 0.1) is 5.92 Å². The summed E-state index contributed by atoms with van der Waals surface area (Å²) in [5, 5.41) is 3.29. The first-order chi connectivity index (χ1) is 9.11. The van der Waals surface area contributed by atoms with Gasteiger partial charge in [0.05, 0.1) is 0 Å². The van der Waals surface area contributed by atoms with Crippen molar-refractivity contribution in [3.05, 3.63) is 11.9 Å². The maximum absolute atomic E-state index is 5.75. The first-order valence-electron chi connectivity index (χ1n) is 7.06. The summed E-state index contributed by atoms with van der Waals surface area (Å²) >= 11 is 0. The number of nitrogen functional groups attached to an aromatic ring is 1. The van der Waals surface area contributed by atoms with Gasteiger partial charge in [0.15, 0.2) is 5.82 Å². The fraction of sp³-hybridized carbons (Fsp3) is 0.714. The molecule has 0 radical (unpaired) electrons. The number of ether oxygens (including phenoxy) is 1. The molecule has 0 fully saturated rings. The van der Waals surface area contributed by atoms with Crippen LogP contribution in [0.25, 0.3) is 0 Å². The Hall–Kier alpha value is -1.36. The molecular formula is C14H26N4O. The highest BCUT2D eigenvalue weighted by molar-refractivity contribution is 5.44. The third kappa shape index (κ3) is 6.96. The van der Waals surface area contributed by atoms with E-state index in [1.165, 1.54) is 12.8 Å². The topological polar surface area (TPSA) is 73.1 Å². The van der Waals surface area contributed by atoms with E-state index in [4.69, 9.17) is 10.5 Å². The molecule has 5 nitrogen and oxygen atoms in total. The van der Waals surface area contributed by atoms with Crippen LogP contribution in [0.3, 0.4) is 0 Å². The van der Waals surface area contributed by atoms with Gasteiger partial charge in [-0.2, -0.15) is 0 Å². The molecule has 0 aliphatic rings. The number of nitrogens with one attached hydrogen (secondary N) is 1. The van der Waals surface area contributed by atoms with Crippen molar-refractivity contribution in [3.8, 4) is 0 Å². The van der Waals surface area contributed by atoms with E-state index >= 15 is 0 Å². The summed E-state index contributed by atoms with van der Waals surface area (Å²) in [6.45, 7) is 8.41. The predicted molar refractivity (Wildman–Crippen MR) is 79.0 cm³/mol. The second-order valence-corrected chi connectivity index (χ2v) is 5.05. The molecule has 1 aromatic rings. The highest BCUT2D eigenvalue weighted by atomic mass is 16.5. The summed E-state index contributed by atoms with van der Waals surface area (Å²) in [7, 11) is 0. The Kier molecular flexibility index (Phi) is 7.18. The molecule has 0 bridgehead atoms. The lowest BCUT2D eigenvalue weighted by molar-refractivity contribution is 0.128. The molecule has 1 rings (SSSR count). The zero-order valence-corrected chi connectivity index (χ0v) is 12.3. The van der Waals surface area contributed by atoms with Crippen molar-refractivity contribution >= 4 is 11.6 Å². The summed E-state index contributed by atoms with van der Waals surface area (Å²) in [4.78, 5) is 8.52. The lowest BCUT2D eigenvalue weighted by atomic mass is 10.1. The standard InChI is InChI=1S/C14H26N4O/c1-4-19-10-14-17-12(15)9-13(18-14)16-8-6-5-7-11(2)3/h9,11H,4-8,10H2,1-3H3,(H3,15,16,17,18). The van der Waals surface area contributed by atoms with Crippen LogP contribution in [0.1, 0.15) is 45.9 Å². The van der Waals surface area contributed by atoms with Gasteiger partial charge in [-0.25, -0.2) is 9.97 Å². The quantitative estimate of drug-likeness (QED) is 0.672. The van der Waals surface area contributed by atoms with Crippen LogP contribution in [0.4, 0.5) is 11.6 Å². The lowest BCUT2D eigenvalue weighted by Gasteiger charge is -2.09. The van der Waals surface area contributed by atoms with Crippen LogP contribution < -0.4 is 11.1 Å². The van der Waals surface area contributed by atoms with E-state index in [0.717, 1.165) is 24.7 Å². The van der Waals surface area contributed by atoms with E-state index in [0.29, 0.717) is 24.9 Å². The average Bonchev–Trinajstić information content (AvgIpc) is 2.35. The molecule has 19 heavy (non-hydrogen) atoms. The number of unbranched alkanes of at least 4 members (excludes halogenated alkanes) is 1. The van der Waals surface area contributed by atoms with Gasteiger partial charge < -0.3 is 15.8 Å². The molecule has 1 aromatic heterocycles. The third-order valence-electron chi connectivity index (χ3n) is 2.74. The highest BCUT2D eigenvalue weighted by Gasteiger charge is 2.02. The Bertz CT molecular complexity index is 368. The van der Waals surface area contributed by atoms with E-state index in [2.05, 4.69) is 29.1 Å². The van der Waals surface area contributed by atoms with Crippen molar-refractivity contribution in [2.45, 2.75) is 46.6 Å². The van der Waals surface area contributed by atoms with Gasteiger partial charge in [-0.3, -0.25) is 0 Å². The monoisotopic (exact) mass is 266 g/mol. The molecule has 5 heteroatoms. The van der Waals surface area contributed by atoms with Gasteiger partial charge in [0.25, 0.3) is 0 Å². The molecular weight excluding hydrogens is 240 g/mol. The van der Waals surface area contributed by atoms with Gasteiger partial charge in [-0.05, 0) is 19.3 Å². The molecule has 0 saturated carbocycles. The molecule has 0 aromatic carbocycles. The Labute approximate surface area is 116 Å². The molecule has 0 spiro atoms. The molecule has 3 N–H and O–H groups in total. The molecule has 0 aliphatic heterocycles. The smallest absolute Gasteiger partial charge is 0.158 e. The van der Waals surface area contributed by atoms with Crippen molar-refractivity contribution < 1.29 is 4.74 Å². The van der Waals surface area contributed by atoms with Gasteiger partial charge in [0.2, 0.25) is 0 Å². The van der Waals surface area contributed by atoms with E-state index in [1.54, 1.807) is 6.07 Å². The molecule has 0 amide bonds. The van der Waals surface area contributed by atoms with E-state index < -0.39 is 0 Å². The minimum absolute atomic E-state index is 0.406. The van der Waals surface area contributed by atoms with Crippen LogP contribution in [-0.2, 0) is 11.3 Å². The molecule has 0 saturated heterocycles. The van der Waals surface area contributed by atoms with Crippen LogP contribution in [0.5, 0.6) is 0 Å². The van der Waals surface area contributed by atoms with E-state index in [1.807, 2.05) is 6.92 Å². The summed E-state index contributed by atoms with van der Waals surface area (Å²) in [5.41, 5.74) is 5.75. The Morgan fingerprint density at radius 3 is 2.79 bits per heavy atom. The minimum Gasteiger partial charge on any atom is -0.384 e. The Morgan fingerprint density at radius 2 is 2.11 bits per heavy atom. The van der Waals surface area contributed by atoms with Gasteiger partial charge in [0.1, 0.15) is 18.2 Å². The molecule has 0 aliphatic carbocycles. The van der Waals surface area contributed by atoms with Gasteiger partial charge >= 0.3 is 0 Å². The first kappa shape index (κ1) is 15.7. The van der Waals surface area contributed by atoms with Crippen molar-refractivity contribution in [1.29, 1.82) is 0 Å². The maximum Gasteiger partial charge on any atom is 0.158 e. The highest BCUT2D eigenvalue weighted by Crippen LogP contribution is 2.10. The van der Waals surface area contributed by atoms with Crippen LogP contribution >= 0.6 is 0 Å². The van der Waals surface area contributed by atoms with E-state index in [-0.39, 0.29) is 0 Å². The number of anilines is 2. The normalized spacial score (nSPS) is 10.9. The van der Waals surface area contributed by atoms with Gasteiger partial charge in [0, 0.05) is 19.2 Å². The lowest BCUT2D eigenvalue weighted by Crippen LogP contribution is -2.09. The van der Waals surface area contributed by atoms with Crippen LogP contribution in [0.15, 0.2) is 6.07 Å². The second-order valence-electron chi connectivity index (χ2n) is 5.05. The second kappa shape index (κ2) is 8.69. The first-order valence-corrected chi connectivity index (χ1v) is 7.06. The minimum atomic E-state index is 0.406. The number of nitrogens with two attached hydrogens (primary N) is 1. The fourth-order valence-electron chi connectivity index (χ4n) is 1.76. The Balaban J connectivity index is 2.38. The average molecular weight is 266 g/mol. The maximum atomic E-state index is 5.75. The zero-order chi connectivity index (χ0) is 14.1. The summed E-state index contributed by atoms with van der Waals surface area (Å²) < 4.78 is 5.29. The molecule has 108 valence electrons. The fourth-order valence-corrected chi connectivity index (χ4v) is 1.76. The van der Waals surface area contributed by atoms with Crippen molar-refractivity contribution in [3.63, 3.8) is 0 Å². The van der Waals surface area contributed by atoms with E-state index in [9.17, 15) is 0 Å². The Morgan fingerprint density at radius 1 is 1.32 bits per heavy atom. The van der Waals surface area contributed by atoms with Gasteiger partial charge in [-0.1, -0.05) is 26.7 Å². The summed E-state index contributed by atoms with van der Waals surface area (Å²) in [6.07, 6.45) is 3.64. The SMILES string of the molecule is CCOCc1nc(N)cc(NCCCCC(C)C)n1. The van der Waals surface area contributed by atoms with Crippen molar-refractivity contribution in [1.82, 2.24) is 9.97 Å². The molecule has 0 unspecified atom stereocenters. The third-order valence-corrected chi connectivity index (χ3v) is 2.74. The number of hydrogen-bond donors (Lipinski definition) is 2. The largest absolute Gasteiger partial charge is 0.384 e. The number of nitrogens with zero attached hydrogens (tertiary/aromatic N) is 2. The molecule has 0 atom stereocenters. The predicted octanol–water partition coefficient (Wildman–Crippen LogP) is 2.83. The zero-order valence-electron chi connectivity index (χ0n) is 12.3. The number of aromatic nitrogens is 2. The van der Waals surface area contributed by atoms with Crippen molar-refractivity contribution in [2.75, 3.05) is 24.2 Å². The number of hydrogen-bond acceptors (Lipinski definition) is 5. The summed E-state index contributed by atoms with van der Waals surface area (Å²) in [6, 6.07) is 1.76. The summed E-state index contributed by atoms with van der Waals surface area (Å²) in [5.74, 6) is 2.67. The van der Waals surface area contributed by atoms with Crippen LogP contribution in [0.2, 0.25) is 0 Å². The van der Waals surface area contributed by atoms with Gasteiger partial charge in [-0.15, -0.1) is 0 Å². The number of rotatable bonds is 9. The molecule has 1 heterocycles.